The third kappa shape index (κ3) is 1.86. The van der Waals surface area contributed by atoms with Gasteiger partial charge in [0, 0.05) is 36.3 Å². The highest BCUT2D eigenvalue weighted by molar-refractivity contribution is 9.10. The van der Waals surface area contributed by atoms with Crippen LogP contribution in [0.4, 0.5) is 0 Å². The fourth-order valence-electron chi connectivity index (χ4n) is 2.19. The molecule has 1 aliphatic heterocycles. The number of aromatic nitrogens is 2. The summed E-state index contributed by atoms with van der Waals surface area (Å²) in [5, 5.41) is 6.95. The van der Waals surface area contributed by atoms with Gasteiger partial charge in [0.05, 0.1) is 6.20 Å². The topological polar surface area (TPSA) is 62.1 Å². The molecule has 0 aliphatic carbocycles. The van der Waals surface area contributed by atoms with Crippen LogP contribution in [0.5, 0.6) is 0 Å². The zero-order valence-electron chi connectivity index (χ0n) is 9.86. The molecule has 3 rings (SSSR count). The fourth-order valence-corrected chi connectivity index (χ4v) is 2.70. The van der Waals surface area contributed by atoms with Crippen molar-refractivity contribution in [3.63, 3.8) is 0 Å². The molecular formula is C12H12BrN3O2. The minimum atomic E-state index is -0.0648. The first-order chi connectivity index (χ1) is 8.65. The molecule has 18 heavy (non-hydrogen) atoms. The molecule has 1 N–H and O–H groups in total. The molecule has 0 radical (unpaired) electrons. The molecule has 3 heterocycles. The van der Waals surface area contributed by atoms with Crippen molar-refractivity contribution in [1.29, 1.82) is 0 Å². The van der Waals surface area contributed by atoms with E-state index in [9.17, 15) is 4.79 Å². The van der Waals surface area contributed by atoms with Gasteiger partial charge in [-0.3, -0.25) is 9.89 Å². The normalized spacial score (nSPS) is 14.7. The Morgan fingerprint density at radius 1 is 1.61 bits per heavy atom. The number of furan rings is 1. The Kier molecular flexibility index (Phi) is 2.74. The summed E-state index contributed by atoms with van der Waals surface area (Å²) >= 11 is 3.24. The monoisotopic (exact) mass is 309 g/mol. The number of amides is 1. The second-order valence-electron chi connectivity index (χ2n) is 4.41. The van der Waals surface area contributed by atoms with Gasteiger partial charge in [0.2, 0.25) is 0 Å². The number of nitrogens with zero attached hydrogens (tertiary/aromatic N) is 2. The molecule has 2 aromatic heterocycles. The van der Waals surface area contributed by atoms with Crippen molar-refractivity contribution in [1.82, 2.24) is 15.1 Å². The summed E-state index contributed by atoms with van der Waals surface area (Å²) in [5.41, 5.74) is 3.05. The summed E-state index contributed by atoms with van der Waals surface area (Å²) in [6.45, 7) is 3.14. The van der Waals surface area contributed by atoms with E-state index in [0.717, 1.165) is 23.2 Å². The number of carbonyl (C=O) groups excluding carboxylic acids is 1. The van der Waals surface area contributed by atoms with Crippen molar-refractivity contribution in [3.8, 4) is 0 Å². The van der Waals surface area contributed by atoms with Gasteiger partial charge in [-0.1, -0.05) is 0 Å². The minimum absolute atomic E-state index is 0.0648. The lowest BCUT2D eigenvalue weighted by Crippen LogP contribution is -2.35. The molecule has 2 aromatic rings. The highest BCUT2D eigenvalue weighted by Crippen LogP contribution is 2.23. The van der Waals surface area contributed by atoms with Crippen LogP contribution in [0.2, 0.25) is 0 Å². The Morgan fingerprint density at radius 3 is 3.17 bits per heavy atom. The van der Waals surface area contributed by atoms with E-state index in [1.54, 1.807) is 17.2 Å². The predicted molar refractivity (Wildman–Crippen MR) is 68.2 cm³/mol. The van der Waals surface area contributed by atoms with Gasteiger partial charge in [-0.05, 0) is 28.9 Å². The van der Waals surface area contributed by atoms with E-state index in [2.05, 4.69) is 26.1 Å². The second-order valence-corrected chi connectivity index (χ2v) is 5.19. The number of fused-ring (bicyclic) bond motifs is 1. The van der Waals surface area contributed by atoms with Crippen LogP contribution in [0.25, 0.3) is 0 Å². The Balaban J connectivity index is 1.85. The first kappa shape index (κ1) is 11.5. The van der Waals surface area contributed by atoms with Gasteiger partial charge in [0.25, 0.3) is 5.91 Å². The van der Waals surface area contributed by atoms with Crippen molar-refractivity contribution >= 4 is 21.8 Å². The van der Waals surface area contributed by atoms with Gasteiger partial charge in [-0.2, -0.15) is 5.10 Å². The van der Waals surface area contributed by atoms with Crippen LogP contribution in [0.15, 0.2) is 21.3 Å². The standard InChI is InChI=1S/C12H12BrN3O2/c1-7-4-10(13)18-11(7)12(17)16-3-2-9-8(6-16)5-14-15-9/h4-5H,2-3,6H2,1H3,(H,14,15). The van der Waals surface area contributed by atoms with Crippen LogP contribution >= 0.6 is 15.9 Å². The molecule has 0 atom stereocenters. The van der Waals surface area contributed by atoms with Gasteiger partial charge in [-0.15, -0.1) is 0 Å². The van der Waals surface area contributed by atoms with Gasteiger partial charge < -0.3 is 9.32 Å². The average molecular weight is 310 g/mol. The molecule has 0 unspecified atom stereocenters. The highest BCUT2D eigenvalue weighted by Gasteiger charge is 2.26. The highest BCUT2D eigenvalue weighted by atomic mass is 79.9. The van der Waals surface area contributed by atoms with Gasteiger partial charge in [0.1, 0.15) is 0 Å². The van der Waals surface area contributed by atoms with Gasteiger partial charge in [0.15, 0.2) is 10.4 Å². The number of aromatic amines is 1. The average Bonchev–Trinajstić information content (AvgIpc) is 2.93. The summed E-state index contributed by atoms with van der Waals surface area (Å²) < 4.78 is 5.99. The summed E-state index contributed by atoms with van der Waals surface area (Å²) in [5.74, 6) is 0.346. The number of hydrogen-bond acceptors (Lipinski definition) is 3. The zero-order chi connectivity index (χ0) is 12.7. The third-order valence-corrected chi connectivity index (χ3v) is 3.56. The Bertz CT molecular complexity index is 602. The molecule has 0 bridgehead atoms. The second kappa shape index (κ2) is 4.28. The lowest BCUT2D eigenvalue weighted by atomic mass is 10.1. The smallest absolute Gasteiger partial charge is 0.290 e. The van der Waals surface area contributed by atoms with E-state index >= 15 is 0 Å². The summed E-state index contributed by atoms with van der Waals surface area (Å²) in [7, 11) is 0. The molecule has 6 heteroatoms. The third-order valence-electron chi connectivity index (χ3n) is 3.17. The van der Waals surface area contributed by atoms with Crippen molar-refractivity contribution in [3.05, 3.63) is 39.5 Å². The van der Waals surface area contributed by atoms with Crippen molar-refractivity contribution in [2.24, 2.45) is 0 Å². The maximum atomic E-state index is 12.3. The van der Waals surface area contributed by atoms with Gasteiger partial charge in [-0.25, -0.2) is 0 Å². The molecule has 0 fully saturated rings. The molecule has 0 saturated carbocycles. The largest absolute Gasteiger partial charge is 0.444 e. The van der Waals surface area contributed by atoms with Crippen molar-refractivity contribution in [2.45, 2.75) is 19.9 Å². The number of H-pyrrole nitrogens is 1. The van der Waals surface area contributed by atoms with Crippen LogP contribution in [0, 0.1) is 6.92 Å². The summed E-state index contributed by atoms with van der Waals surface area (Å²) in [4.78, 5) is 14.1. The van der Waals surface area contributed by atoms with Gasteiger partial charge >= 0.3 is 0 Å². The summed E-state index contributed by atoms with van der Waals surface area (Å²) in [6, 6.07) is 1.81. The molecule has 0 saturated heterocycles. The first-order valence-electron chi connectivity index (χ1n) is 5.71. The quantitative estimate of drug-likeness (QED) is 0.879. The van der Waals surface area contributed by atoms with Crippen LogP contribution in [-0.2, 0) is 13.0 Å². The molecule has 0 aromatic carbocycles. The predicted octanol–water partition coefficient (Wildman–Crippen LogP) is 2.27. The first-order valence-corrected chi connectivity index (χ1v) is 6.51. The Hall–Kier alpha value is -1.56. The minimum Gasteiger partial charge on any atom is -0.444 e. The van der Waals surface area contributed by atoms with Crippen LogP contribution < -0.4 is 0 Å². The number of hydrogen-bond donors (Lipinski definition) is 1. The van der Waals surface area contributed by atoms with E-state index in [4.69, 9.17) is 4.42 Å². The summed E-state index contributed by atoms with van der Waals surface area (Å²) in [6.07, 6.45) is 2.59. The van der Waals surface area contributed by atoms with E-state index in [1.807, 2.05) is 6.92 Å². The van der Waals surface area contributed by atoms with Crippen molar-refractivity contribution in [2.75, 3.05) is 6.54 Å². The SMILES string of the molecule is Cc1cc(Br)oc1C(=O)N1CCc2[nH]ncc2C1. The van der Waals surface area contributed by atoms with E-state index in [-0.39, 0.29) is 5.91 Å². The number of rotatable bonds is 1. The molecular weight excluding hydrogens is 298 g/mol. The Labute approximate surface area is 112 Å². The van der Waals surface area contributed by atoms with E-state index < -0.39 is 0 Å². The van der Waals surface area contributed by atoms with Crippen LogP contribution in [0.3, 0.4) is 0 Å². The maximum Gasteiger partial charge on any atom is 0.290 e. The zero-order valence-corrected chi connectivity index (χ0v) is 11.5. The molecule has 1 aliphatic rings. The van der Waals surface area contributed by atoms with Crippen molar-refractivity contribution < 1.29 is 9.21 Å². The van der Waals surface area contributed by atoms with Crippen LogP contribution in [0.1, 0.15) is 27.4 Å². The van der Waals surface area contributed by atoms with E-state index in [1.165, 1.54) is 0 Å². The van der Waals surface area contributed by atoms with E-state index in [0.29, 0.717) is 23.5 Å². The fraction of sp³-hybridized carbons (Fsp3) is 0.333. The molecule has 94 valence electrons. The molecule has 5 nitrogen and oxygen atoms in total. The maximum absolute atomic E-state index is 12.3. The number of carbonyl (C=O) groups is 1. The molecule has 1 amide bonds. The molecule has 0 spiro atoms. The number of aryl methyl sites for hydroxylation is 1. The Morgan fingerprint density at radius 2 is 2.44 bits per heavy atom. The lowest BCUT2D eigenvalue weighted by molar-refractivity contribution is 0.0699. The van der Waals surface area contributed by atoms with Crippen LogP contribution in [-0.4, -0.2) is 27.5 Å². The number of halogens is 1. The lowest BCUT2D eigenvalue weighted by Gasteiger charge is -2.25. The number of nitrogens with one attached hydrogen (secondary N) is 1.